The van der Waals surface area contributed by atoms with E-state index in [0.717, 1.165) is 29.6 Å². The van der Waals surface area contributed by atoms with Crippen molar-refractivity contribution in [3.63, 3.8) is 0 Å². The number of hydrogen-bond donors (Lipinski definition) is 0. The first-order chi connectivity index (χ1) is 10.1. The lowest BCUT2D eigenvalue weighted by atomic mass is 9.49. The number of hydrogen-bond acceptors (Lipinski definition) is 1. The predicted molar refractivity (Wildman–Crippen MR) is 85.9 cm³/mol. The van der Waals surface area contributed by atoms with Gasteiger partial charge < -0.3 is 0 Å². The molecule has 1 unspecified atom stereocenters. The van der Waals surface area contributed by atoms with Gasteiger partial charge in [-0.05, 0) is 86.9 Å². The van der Waals surface area contributed by atoms with Crippen molar-refractivity contribution >= 4 is 5.78 Å². The molecule has 4 rings (SSSR count). The number of fused-ring (bicyclic) bond motifs is 5. The fourth-order valence-corrected chi connectivity index (χ4v) is 7.50. The van der Waals surface area contributed by atoms with Crippen LogP contribution in [0.25, 0.3) is 0 Å². The lowest BCUT2D eigenvalue weighted by molar-refractivity contribution is -0.128. The minimum Gasteiger partial charge on any atom is -0.300 e. The van der Waals surface area contributed by atoms with Crippen molar-refractivity contribution in [1.29, 1.82) is 0 Å². The van der Waals surface area contributed by atoms with Crippen molar-refractivity contribution in [2.24, 2.45) is 40.9 Å². The van der Waals surface area contributed by atoms with Gasteiger partial charge in [-0.25, -0.2) is 0 Å². The van der Waals surface area contributed by atoms with Gasteiger partial charge in [0, 0.05) is 5.92 Å². The Hall–Kier alpha value is -0.330. The van der Waals surface area contributed by atoms with Crippen LogP contribution < -0.4 is 0 Å². The van der Waals surface area contributed by atoms with E-state index in [1.54, 1.807) is 0 Å². The van der Waals surface area contributed by atoms with E-state index in [-0.39, 0.29) is 0 Å². The fraction of sp³-hybridized carbons (Fsp3) is 0.950. The van der Waals surface area contributed by atoms with Gasteiger partial charge in [-0.1, -0.05) is 26.2 Å². The van der Waals surface area contributed by atoms with Crippen LogP contribution in [0.1, 0.15) is 78.1 Å². The highest BCUT2D eigenvalue weighted by Gasteiger charge is 2.57. The molecule has 0 aromatic rings. The Morgan fingerprint density at radius 2 is 1.67 bits per heavy atom. The Morgan fingerprint density at radius 1 is 0.857 bits per heavy atom. The average molecular weight is 288 g/mol. The van der Waals surface area contributed by atoms with Crippen LogP contribution in [0.3, 0.4) is 0 Å². The Morgan fingerprint density at radius 3 is 2.48 bits per heavy atom. The van der Waals surface area contributed by atoms with Gasteiger partial charge in [0.15, 0.2) is 0 Å². The molecule has 0 aromatic carbocycles. The minimum atomic E-state index is 0.356. The molecule has 0 aromatic heterocycles. The molecule has 1 nitrogen and oxygen atoms in total. The molecule has 0 bridgehead atoms. The van der Waals surface area contributed by atoms with Gasteiger partial charge >= 0.3 is 0 Å². The van der Waals surface area contributed by atoms with Crippen LogP contribution in [0.2, 0.25) is 0 Å². The maximum absolute atomic E-state index is 12.1. The lowest BCUT2D eigenvalue weighted by Gasteiger charge is -2.55. The molecule has 0 radical (unpaired) electrons. The van der Waals surface area contributed by atoms with Crippen LogP contribution in [0.15, 0.2) is 0 Å². The molecule has 0 N–H and O–H groups in total. The highest BCUT2D eigenvalue weighted by molar-refractivity contribution is 5.79. The van der Waals surface area contributed by atoms with Gasteiger partial charge in [-0.15, -0.1) is 0 Å². The number of rotatable bonds is 1. The van der Waals surface area contributed by atoms with Crippen molar-refractivity contribution in [2.75, 3.05) is 0 Å². The Balaban J connectivity index is 1.59. The summed E-state index contributed by atoms with van der Waals surface area (Å²) in [6.07, 6.45) is 14.3. The normalized spacial score (nSPS) is 52.7. The minimum absolute atomic E-state index is 0.356. The van der Waals surface area contributed by atoms with Crippen LogP contribution in [0.5, 0.6) is 0 Å². The summed E-state index contributed by atoms with van der Waals surface area (Å²) in [5.74, 6) is 5.83. The van der Waals surface area contributed by atoms with Gasteiger partial charge in [0.25, 0.3) is 0 Å². The largest absolute Gasteiger partial charge is 0.300 e. The Bertz CT molecular complexity index is 428. The Kier molecular flexibility index (Phi) is 3.47. The van der Waals surface area contributed by atoms with Crippen LogP contribution in [-0.2, 0) is 4.79 Å². The van der Waals surface area contributed by atoms with Gasteiger partial charge in [-0.2, -0.15) is 0 Å². The van der Waals surface area contributed by atoms with Crippen molar-refractivity contribution < 1.29 is 4.79 Å². The zero-order valence-electron chi connectivity index (χ0n) is 13.9. The quantitative estimate of drug-likeness (QED) is 0.645. The number of Topliss-reactive ketones (excluding diaryl/α,β-unsaturated/α-hetero) is 1. The number of ketones is 1. The molecule has 4 fully saturated rings. The smallest absolute Gasteiger partial charge is 0.133 e. The molecule has 7 atom stereocenters. The lowest BCUT2D eigenvalue weighted by Crippen LogP contribution is -2.48. The van der Waals surface area contributed by atoms with Crippen LogP contribution in [0, 0.1) is 40.9 Å². The summed E-state index contributed by atoms with van der Waals surface area (Å²) in [4.78, 5) is 12.1. The summed E-state index contributed by atoms with van der Waals surface area (Å²) >= 11 is 0. The zero-order valence-corrected chi connectivity index (χ0v) is 13.9. The molecule has 0 saturated heterocycles. The van der Waals surface area contributed by atoms with E-state index >= 15 is 0 Å². The second-order valence-corrected chi connectivity index (χ2v) is 9.01. The van der Waals surface area contributed by atoms with Gasteiger partial charge in [-0.3, -0.25) is 4.79 Å². The summed E-state index contributed by atoms with van der Waals surface area (Å²) in [5, 5.41) is 0. The maximum Gasteiger partial charge on any atom is 0.133 e. The van der Waals surface area contributed by atoms with E-state index in [4.69, 9.17) is 0 Å². The van der Waals surface area contributed by atoms with E-state index in [9.17, 15) is 4.79 Å². The zero-order chi connectivity index (χ0) is 14.6. The van der Waals surface area contributed by atoms with Gasteiger partial charge in [0.2, 0.25) is 0 Å². The third kappa shape index (κ3) is 2.05. The highest BCUT2D eigenvalue weighted by atomic mass is 16.1. The van der Waals surface area contributed by atoms with Crippen molar-refractivity contribution in [3.05, 3.63) is 0 Å². The van der Waals surface area contributed by atoms with Crippen LogP contribution in [-0.4, -0.2) is 5.78 Å². The van der Waals surface area contributed by atoms with Crippen molar-refractivity contribution in [1.82, 2.24) is 0 Å². The standard InChI is InChI=1S/C20H32O/c1-13(21)18-9-10-19-17-8-7-14-5-3-4-6-15(14)16(17)11-12-20(18,19)2/h14-19H,3-12H2,1-2H3/t14?,15-,16+,17+,18+,19-,20+/m0/s1. The molecule has 4 saturated carbocycles. The topological polar surface area (TPSA) is 17.1 Å². The molecule has 0 amide bonds. The van der Waals surface area contributed by atoms with E-state index in [1.165, 1.54) is 64.2 Å². The second kappa shape index (κ2) is 5.10. The molecule has 1 heteroatoms. The first kappa shape index (κ1) is 14.3. The summed E-state index contributed by atoms with van der Waals surface area (Å²) < 4.78 is 0. The molecule has 0 heterocycles. The molecule has 4 aliphatic rings. The molecule has 118 valence electrons. The summed E-state index contributed by atoms with van der Waals surface area (Å²) in [7, 11) is 0. The molecule has 0 aliphatic heterocycles. The maximum atomic E-state index is 12.1. The van der Waals surface area contributed by atoms with Gasteiger partial charge in [0.05, 0.1) is 0 Å². The molecule has 0 spiro atoms. The molecule has 21 heavy (non-hydrogen) atoms. The first-order valence-corrected chi connectivity index (χ1v) is 9.61. The SMILES string of the molecule is CC(=O)[C@H]1CC[C@H]2[C@@H]3CCC4CCCC[C@@H]4[C@H]3CC[C@]12C. The molecular weight excluding hydrogens is 256 g/mol. The third-order valence-electron chi connectivity index (χ3n) is 8.37. The highest BCUT2D eigenvalue weighted by Crippen LogP contribution is 2.64. The van der Waals surface area contributed by atoms with Crippen molar-refractivity contribution in [2.45, 2.75) is 78.1 Å². The summed E-state index contributed by atoms with van der Waals surface area (Å²) in [6.45, 7) is 4.32. The first-order valence-electron chi connectivity index (χ1n) is 9.61. The van der Waals surface area contributed by atoms with Crippen LogP contribution in [0.4, 0.5) is 0 Å². The van der Waals surface area contributed by atoms with E-state index in [2.05, 4.69) is 6.92 Å². The van der Waals surface area contributed by atoms with E-state index in [1.807, 2.05) is 6.92 Å². The summed E-state index contributed by atoms with van der Waals surface area (Å²) in [6, 6.07) is 0. The summed E-state index contributed by atoms with van der Waals surface area (Å²) in [5.41, 5.74) is 0.356. The molecular formula is C20H32O. The van der Waals surface area contributed by atoms with Crippen molar-refractivity contribution in [3.8, 4) is 0 Å². The molecule has 4 aliphatic carbocycles. The van der Waals surface area contributed by atoms with E-state index in [0.29, 0.717) is 17.1 Å². The second-order valence-electron chi connectivity index (χ2n) is 9.01. The average Bonchev–Trinajstić information content (AvgIpc) is 2.84. The Labute approximate surface area is 130 Å². The van der Waals surface area contributed by atoms with Gasteiger partial charge in [0.1, 0.15) is 5.78 Å². The predicted octanol–water partition coefficient (Wildman–Crippen LogP) is 5.23. The third-order valence-corrected chi connectivity index (χ3v) is 8.37. The monoisotopic (exact) mass is 288 g/mol. The number of carbonyl (C=O) groups is 1. The fourth-order valence-electron chi connectivity index (χ4n) is 7.50. The number of carbonyl (C=O) groups excluding carboxylic acids is 1. The van der Waals surface area contributed by atoms with Crippen LogP contribution >= 0.6 is 0 Å². The van der Waals surface area contributed by atoms with E-state index < -0.39 is 0 Å².